The number of para-hydroxylation sites is 1. The Morgan fingerprint density at radius 2 is 0.962 bits per heavy atom. The Hall–Kier alpha value is -6.27. The van der Waals surface area contributed by atoms with Crippen molar-refractivity contribution >= 4 is 84.7 Å². The van der Waals surface area contributed by atoms with Crippen LogP contribution in [0.2, 0.25) is 0 Å². The second-order valence-electron chi connectivity index (χ2n) is 13.1. The van der Waals surface area contributed by atoms with E-state index in [1.807, 2.05) is 28.7 Å². The Labute approximate surface area is 307 Å². The molecule has 5 heteroatoms. The lowest BCUT2D eigenvalue weighted by Crippen LogP contribution is -1.98. The third-order valence-electron chi connectivity index (χ3n) is 10.1. The number of thiophene rings is 2. The number of hydrogen-bond acceptors (Lipinski definition) is 5. The highest BCUT2D eigenvalue weighted by atomic mass is 32.1. The lowest BCUT2D eigenvalue weighted by atomic mass is 9.95. The molecule has 0 unspecified atom stereocenters. The maximum absolute atomic E-state index is 5.52. The van der Waals surface area contributed by atoms with Crippen molar-refractivity contribution in [3.8, 4) is 45.2 Å². The van der Waals surface area contributed by atoms with Crippen LogP contribution in [0.5, 0.6) is 0 Å². The van der Waals surface area contributed by atoms with Crippen LogP contribution in [0.1, 0.15) is 0 Å². The fraction of sp³-hybridized carbons (Fsp3) is 0. The summed E-state index contributed by atoms with van der Waals surface area (Å²) in [6.45, 7) is 0. The molecule has 0 bridgehead atoms. The molecular weight excluding hydrogens is 671 g/mol. The monoisotopic (exact) mass is 697 g/mol. The number of nitrogens with zero attached hydrogens (tertiary/aromatic N) is 3. The zero-order chi connectivity index (χ0) is 34.2. The summed E-state index contributed by atoms with van der Waals surface area (Å²) in [6, 6.07) is 58.1. The first-order valence-corrected chi connectivity index (χ1v) is 19.0. The lowest BCUT2D eigenvalue weighted by Gasteiger charge is -2.15. The van der Waals surface area contributed by atoms with E-state index in [0.29, 0.717) is 5.82 Å². The van der Waals surface area contributed by atoms with Crippen LogP contribution >= 0.6 is 22.7 Å². The molecule has 0 amide bonds. The van der Waals surface area contributed by atoms with E-state index in [1.54, 1.807) is 0 Å². The van der Waals surface area contributed by atoms with Crippen molar-refractivity contribution in [2.24, 2.45) is 0 Å². The summed E-state index contributed by atoms with van der Waals surface area (Å²) in [6.07, 6.45) is 0. The number of rotatable bonds is 4. The molecule has 0 radical (unpaired) electrons. The second kappa shape index (κ2) is 11.6. The van der Waals surface area contributed by atoms with Crippen LogP contribution < -0.4 is 0 Å². The van der Waals surface area contributed by atoms with E-state index in [1.165, 1.54) is 45.7 Å². The molecule has 11 aromatic rings. The zero-order valence-electron chi connectivity index (χ0n) is 27.7. The van der Waals surface area contributed by atoms with Crippen molar-refractivity contribution in [1.82, 2.24) is 15.0 Å². The van der Waals surface area contributed by atoms with Gasteiger partial charge in [0.15, 0.2) is 5.82 Å². The minimum absolute atomic E-state index is 0.659. The molecular formula is C47H27N3S2. The van der Waals surface area contributed by atoms with Crippen molar-refractivity contribution in [2.75, 3.05) is 0 Å². The fourth-order valence-electron chi connectivity index (χ4n) is 7.69. The highest BCUT2D eigenvalue weighted by molar-refractivity contribution is 7.26. The summed E-state index contributed by atoms with van der Waals surface area (Å²) in [5.41, 5.74) is 7.73. The van der Waals surface area contributed by atoms with Gasteiger partial charge >= 0.3 is 0 Å². The molecule has 0 aliphatic rings. The van der Waals surface area contributed by atoms with Crippen LogP contribution in [0.3, 0.4) is 0 Å². The van der Waals surface area contributed by atoms with E-state index < -0.39 is 0 Å². The topological polar surface area (TPSA) is 38.7 Å². The highest BCUT2D eigenvalue weighted by Crippen LogP contribution is 2.45. The van der Waals surface area contributed by atoms with Crippen LogP contribution in [0.4, 0.5) is 0 Å². The van der Waals surface area contributed by atoms with Crippen molar-refractivity contribution in [2.45, 2.75) is 0 Å². The molecule has 3 nitrogen and oxygen atoms in total. The van der Waals surface area contributed by atoms with Gasteiger partial charge in [-0.15, -0.1) is 22.7 Å². The third kappa shape index (κ3) is 4.60. The molecule has 0 saturated heterocycles. The normalized spacial score (nSPS) is 11.8. The first kappa shape index (κ1) is 29.5. The Morgan fingerprint density at radius 1 is 0.346 bits per heavy atom. The number of benzene rings is 7. The van der Waals surface area contributed by atoms with Gasteiger partial charge in [0.2, 0.25) is 0 Å². The zero-order valence-corrected chi connectivity index (χ0v) is 29.4. The molecule has 52 heavy (non-hydrogen) atoms. The highest BCUT2D eigenvalue weighted by Gasteiger charge is 2.20. The van der Waals surface area contributed by atoms with Crippen molar-refractivity contribution < 1.29 is 0 Å². The molecule has 0 aliphatic heterocycles. The summed E-state index contributed by atoms with van der Waals surface area (Å²) < 4.78 is 5.09. The first-order chi connectivity index (χ1) is 25.8. The van der Waals surface area contributed by atoms with Crippen molar-refractivity contribution in [3.63, 3.8) is 0 Å². The number of aromatic nitrogens is 3. The maximum atomic E-state index is 5.52. The number of hydrogen-bond donors (Lipinski definition) is 0. The summed E-state index contributed by atoms with van der Waals surface area (Å²) in [4.78, 5) is 16.2. The van der Waals surface area contributed by atoms with Crippen LogP contribution in [-0.2, 0) is 0 Å². The van der Waals surface area contributed by atoms with Gasteiger partial charge in [0.25, 0.3) is 0 Å². The van der Waals surface area contributed by atoms with Gasteiger partial charge in [-0.1, -0.05) is 127 Å². The summed E-state index contributed by atoms with van der Waals surface area (Å²) in [5, 5.41) is 8.56. The van der Waals surface area contributed by atoms with Gasteiger partial charge in [-0.3, -0.25) is 0 Å². The first-order valence-electron chi connectivity index (χ1n) is 17.4. The van der Waals surface area contributed by atoms with E-state index in [0.717, 1.165) is 55.6 Å². The molecule has 242 valence electrons. The largest absolute Gasteiger partial charge is 0.246 e. The Bertz CT molecular complexity index is 3180. The average molecular weight is 698 g/mol. The van der Waals surface area contributed by atoms with Crippen LogP contribution in [0.25, 0.3) is 107 Å². The van der Waals surface area contributed by atoms with Crippen LogP contribution in [0.15, 0.2) is 164 Å². The van der Waals surface area contributed by atoms with Gasteiger partial charge in [-0.2, -0.15) is 0 Å². The lowest BCUT2D eigenvalue weighted by molar-refractivity contribution is 1.18. The Morgan fingerprint density at radius 3 is 1.77 bits per heavy atom. The SMILES string of the molecule is c1ccc(-c2cc(-c3ccc4c(c3)sc3ccccc34)nc(-c3cccc4c3nc(-c3ccccc3)c3ccc5sc6ccccc6c5c34)n2)cc1. The number of fused-ring (bicyclic) bond motifs is 10. The van der Waals surface area contributed by atoms with Crippen LogP contribution in [0, 0.1) is 0 Å². The van der Waals surface area contributed by atoms with Gasteiger partial charge < -0.3 is 0 Å². The quantitative estimate of drug-likeness (QED) is 0.172. The predicted octanol–water partition coefficient (Wildman–Crippen LogP) is 13.6. The van der Waals surface area contributed by atoms with E-state index in [2.05, 4.69) is 158 Å². The van der Waals surface area contributed by atoms with E-state index in [-0.39, 0.29) is 0 Å². The molecule has 0 spiro atoms. The predicted molar refractivity (Wildman–Crippen MR) is 222 cm³/mol. The molecule has 0 saturated carbocycles. The fourth-order valence-corrected chi connectivity index (χ4v) is 9.94. The minimum Gasteiger partial charge on any atom is -0.246 e. The smallest absolute Gasteiger partial charge is 0.162 e. The maximum Gasteiger partial charge on any atom is 0.162 e. The second-order valence-corrected chi connectivity index (χ2v) is 15.3. The van der Waals surface area contributed by atoms with Gasteiger partial charge in [-0.25, -0.2) is 15.0 Å². The number of pyridine rings is 1. The average Bonchev–Trinajstić information content (AvgIpc) is 3.79. The van der Waals surface area contributed by atoms with Gasteiger partial charge in [0, 0.05) is 78.8 Å². The van der Waals surface area contributed by atoms with Crippen molar-refractivity contribution in [3.05, 3.63) is 164 Å². The van der Waals surface area contributed by atoms with Crippen molar-refractivity contribution in [1.29, 1.82) is 0 Å². The summed E-state index contributed by atoms with van der Waals surface area (Å²) in [5.74, 6) is 0.659. The standard InChI is InChI=1S/C47H27N3S2/c1-3-12-28(13-4-1)37-27-38(30-22-23-32-31-16-7-9-20-39(31)52-42(32)26-30)49-47(48-37)36-19-11-18-34-43-35(45(50-46(34)36)29-14-5-2-6-15-29)24-25-41-44(43)33-17-8-10-21-40(33)51-41/h1-27H. The molecule has 0 aliphatic carbocycles. The molecule has 4 aromatic heterocycles. The van der Waals surface area contributed by atoms with Crippen LogP contribution in [-0.4, -0.2) is 15.0 Å². The molecule has 0 fully saturated rings. The molecule has 4 heterocycles. The molecule has 0 N–H and O–H groups in total. The van der Waals surface area contributed by atoms with E-state index >= 15 is 0 Å². The summed E-state index contributed by atoms with van der Waals surface area (Å²) in [7, 11) is 0. The molecule has 7 aromatic carbocycles. The van der Waals surface area contributed by atoms with E-state index in [9.17, 15) is 0 Å². The third-order valence-corrected chi connectivity index (χ3v) is 12.4. The van der Waals surface area contributed by atoms with Gasteiger partial charge in [0.1, 0.15) is 0 Å². The van der Waals surface area contributed by atoms with Gasteiger partial charge in [-0.05, 0) is 36.4 Å². The minimum atomic E-state index is 0.659. The Kier molecular flexibility index (Phi) is 6.59. The summed E-state index contributed by atoms with van der Waals surface area (Å²) >= 11 is 3.67. The molecule has 0 atom stereocenters. The Balaban J connectivity index is 1.22. The van der Waals surface area contributed by atoms with E-state index in [4.69, 9.17) is 15.0 Å². The molecule has 11 rings (SSSR count). The van der Waals surface area contributed by atoms with Gasteiger partial charge in [0.05, 0.1) is 22.6 Å².